The number of hydrogen-bond donors (Lipinski definition) is 1. The van der Waals surface area contributed by atoms with Crippen molar-refractivity contribution >= 4 is 22.4 Å². The maximum Gasteiger partial charge on any atom is 0.310 e. The average Bonchev–Trinajstić information content (AvgIpc) is 2.89. The predicted molar refractivity (Wildman–Crippen MR) is 72.4 cm³/mol. The minimum atomic E-state index is -0.606. The topological polar surface area (TPSA) is 137 Å². The number of nitrogen functional groups attached to an aromatic ring is 1. The Morgan fingerprint density at radius 3 is 2.76 bits per heavy atom. The SMILES string of the molecule is N#Cc1cnc2c(cnn2-c2cc(N)c([N+](=O)[O-])cn2)c1. The molecule has 9 heteroatoms. The van der Waals surface area contributed by atoms with E-state index in [0.717, 1.165) is 6.20 Å². The van der Waals surface area contributed by atoms with Crippen LogP contribution in [-0.4, -0.2) is 24.7 Å². The molecule has 3 rings (SSSR count). The molecule has 3 aromatic rings. The van der Waals surface area contributed by atoms with E-state index < -0.39 is 4.92 Å². The van der Waals surface area contributed by atoms with Crippen LogP contribution in [0.15, 0.2) is 30.7 Å². The fraction of sp³-hybridized carbons (Fsp3) is 0. The molecule has 0 aliphatic rings. The summed E-state index contributed by atoms with van der Waals surface area (Å²) in [5.41, 5.74) is 6.25. The summed E-state index contributed by atoms with van der Waals surface area (Å²) in [5, 5.41) is 24.3. The molecule has 0 bridgehead atoms. The molecule has 0 aliphatic heterocycles. The van der Waals surface area contributed by atoms with Crippen LogP contribution < -0.4 is 5.73 Å². The number of nitro groups is 1. The average molecular weight is 281 g/mol. The molecule has 9 nitrogen and oxygen atoms in total. The molecule has 0 aromatic carbocycles. The van der Waals surface area contributed by atoms with E-state index in [0.29, 0.717) is 22.4 Å². The van der Waals surface area contributed by atoms with Gasteiger partial charge in [0.05, 0.1) is 16.7 Å². The Morgan fingerprint density at radius 2 is 2.10 bits per heavy atom. The van der Waals surface area contributed by atoms with Crippen LogP contribution in [0.4, 0.5) is 11.4 Å². The number of hydrogen-bond acceptors (Lipinski definition) is 7. The lowest BCUT2D eigenvalue weighted by Gasteiger charge is -2.03. The van der Waals surface area contributed by atoms with E-state index in [-0.39, 0.29) is 11.4 Å². The summed E-state index contributed by atoms with van der Waals surface area (Å²) in [5.74, 6) is 0.310. The van der Waals surface area contributed by atoms with Crippen molar-refractivity contribution in [3.8, 4) is 11.9 Å². The van der Waals surface area contributed by atoms with Gasteiger partial charge in [-0.05, 0) is 6.07 Å². The molecular weight excluding hydrogens is 274 g/mol. The highest BCUT2D eigenvalue weighted by atomic mass is 16.6. The van der Waals surface area contributed by atoms with Crippen LogP contribution >= 0.6 is 0 Å². The van der Waals surface area contributed by atoms with Gasteiger partial charge in [0.1, 0.15) is 18.0 Å². The van der Waals surface area contributed by atoms with Crippen molar-refractivity contribution in [1.29, 1.82) is 5.26 Å². The van der Waals surface area contributed by atoms with Crippen molar-refractivity contribution in [2.45, 2.75) is 0 Å². The number of nitrogens with two attached hydrogens (primary N) is 1. The van der Waals surface area contributed by atoms with Gasteiger partial charge >= 0.3 is 5.69 Å². The highest BCUT2D eigenvalue weighted by Gasteiger charge is 2.15. The first-order valence-corrected chi connectivity index (χ1v) is 5.74. The summed E-state index contributed by atoms with van der Waals surface area (Å²) in [7, 11) is 0. The molecule has 0 aliphatic carbocycles. The molecule has 2 N–H and O–H groups in total. The summed E-state index contributed by atoms with van der Waals surface area (Å²) < 4.78 is 1.40. The smallest absolute Gasteiger partial charge is 0.310 e. The molecule has 102 valence electrons. The Labute approximate surface area is 117 Å². The van der Waals surface area contributed by atoms with Gasteiger partial charge in [-0.3, -0.25) is 10.1 Å². The van der Waals surface area contributed by atoms with Gasteiger partial charge in [-0.15, -0.1) is 0 Å². The van der Waals surface area contributed by atoms with Crippen molar-refractivity contribution in [2.24, 2.45) is 0 Å². The molecule has 0 saturated heterocycles. The van der Waals surface area contributed by atoms with Gasteiger partial charge < -0.3 is 5.73 Å². The van der Waals surface area contributed by atoms with Crippen LogP contribution in [0, 0.1) is 21.4 Å². The molecule has 3 aromatic heterocycles. The number of nitriles is 1. The monoisotopic (exact) mass is 281 g/mol. The van der Waals surface area contributed by atoms with Gasteiger partial charge in [0.15, 0.2) is 11.5 Å². The number of anilines is 1. The highest BCUT2D eigenvalue weighted by Crippen LogP contribution is 2.23. The predicted octanol–water partition coefficient (Wildman–Crippen LogP) is 1.18. The first kappa shape index (κ1) is 12.5. The zero-order valence-corrected chi connectivity index (χ0v) is 10.5. The van der Waals surface area contributed by atoms with E-state index in [2.05, 4.69) is 15.1 Å². The maximum atomic E-state index is 10.7. The minimum Gasteiger partial charge on any atom is -0.393 e. The van der Waals surface area contributed by atoms with Gasteiger partial charge in [-0.2, -0.15) is 15.0 Å². The zero-order chi connectivity index (χ0) is 15.0. The second kappa shape index (κ2) is 4.53. The number of aromatic nitrogens is 4. The van der Waals surface area contributed by atoms with Gasteiger partial charge in [0, 0.05) is 17.6 Å². The molecule has 0 spiro atoms. The quantitative estimate of drug-likeness (QED) is 0.549. The third-order valence-electron chi connectivity index (χ3n) is 2.85. The summed E-state index contributed by atoms with van der Waals surface area (Å²) in [4.78, 5) is 18.2. The molecule has 3 heterocycles. The van der Waals surface area contributed by atoms with Crippen LogP contribution in [0.1, 0.15) is 5.56 Å². The molecule has 0 unspecified atom stereocenters. The van der Waals surface area contributed by atoms with Gasteiger partial charge in [-0.25, -0.2) is 9.97 Å². The van der Waals surface area contributed by atoms with E-state index in [1.54, 1.807) is 6.07 Å². The van der Waals surface area contributed by atoms with Gasteiger partial charge in [-0.1, -0.05) is 0 Å². The Hall–Kier alpha value is -3.54. The van der Waals surface area contributed by atoms with Gasteiger partial charge in [0.25, 0.3) is 0 Å². The van der Waals surface area contributed by atoms with Gasteiger partial charge in [0.2, 0.25) is 0 Å². The standard InChI is InChI=1S/C12H7N7O2/c13-3-7-1-8-5-17-18(12(8)16-4-7)11-2-9(14)10(6-15-11)19(20)21/h1-2,4-6H,(H2,14,15). The second-order valence-electron chi connectivity index (χ2n) is 4.16. The van der Waals surface area contributed by atoms with Crippen LogP contribution in [0.5, 0.6) is 0 Å². The van der Waals surface area contributed by atoms with Crippen LogP contribution in [0.2, 0.25) is 0 Å². The lowest BCUT2D eigenvalue weighted by Crippen LogP contribution is -2.04. The van der Waals surface area contributed by atoms with E-state index in [9.17, 15) is 10.1 Å². The number of nitrogens with zero attached hydrogens (tertiary/aromatic N) is 6. The van der Waals surface area contributed by atoms with E-state index in [1.165, 1.54) is 23.1 Å². The van der Waals surface area contributed by atoms with Crippen molar-refractivity contribution in [2.75, 3.05) is 5.73 Å². The van der Waals surface area contributed by atoms with Crippen LogP contribution in [-0.2, 0) is 0 Å². The largest absolute Gasteiger partial charge is 0.393 e. The first-order chi connectivity index (χ1) is 10.1. The van der Waals surface area contributed by atoms with Crippen LogP contribution in [0.25, 0.3) is 16.9 Å². The molecule has 0 saturated carbocycles. The van der Waals surface area contributed by atoms with E-state index in [4.69, 9.17) is 11.0 Å². The third-order valence-corrected chi connectivity index (χ3v) is 2.85. The highest BCUT2D eigenvalue weighted by molar-refractivity contribution is 5.77. The summed E-state index contributed by atoms with van der Waals surface area (Å²) >= 11 is 0. The summed E-state index contributed by atoms with van der Waals surface area (Å²) in [6.45, 7) is 0. The fourth-order valence-electron chi connectivity index (χ4n) is 1.87. The van der Waals surface area contributed by atoms with Crippen molar-refractivity contribution in [3.63, 3.8) is 0 Å². The summed E-state index contributed by atoms with van der Waals surface area (Å²) in [6, 6.07) is 4.98. The Morgan fingerprint density at radius 1 is 1.29 bits per heavy atom. The first-order valence-electron chi connectivity index (χ1n) is 5.74. The lowest BCUT2D eigenvalue weighted by molar-refractivity contribution is -0.384. The normalized spacial score (nSPS) is 10.4. The Balaban J connectivity index is 2.15. The third kappa shape index (κ3) is 2.00. The van der Waals surface area contributed by atoms with Crippen LogP contribution in [0.3, 0.4) is 0 Å². The lowest BCUT2D eigenvalue weighted by atomic mass is 10.2. The second-order valence-corrected chi connectivity index (χ2v) is 4.16. The zero-order valence-electron chi connectivity index (χ0n) is 10.5. The van der Waals surface area contributed by atoms with Crippen molar-refractivity contribution in [3.05, 3.63) is 46.4 Å². The fourth-order valence-corrected chi connectivity index (χ4v) is 1.87. The minimum absolute atomic E-state index is 0.0118. The maximum absolute atomic E-state index is 10.7. The van der Waals surface area contributed by atoms with Crippen molar-refractivity contribution < 1.29 is 4.92 Å². The Bertz CT molecular complexity index is 910. The molecule has 0 amide bonds. The number of rotatable bonds is 2. The van der Waals surface area contributed by atoms with E-state index >= 15 is 0 Å². The number of pyridine rings is 2. The van der Waals surface area contributed by atoms with E-state index in [1.807, 2.05) is 6.07 Å². The summed E-state index contributed by atoms with van der Waals surface area (Å²) in [6.07, 6.45) is 4.01. The molecule has 0 fully saturated rings. The molecule has 0 radical (unpaired) electrons. The molecule has 0 atom stereocenters. The number of fused-ring (bicyclic) bond motifs is 1. The Kier molecular flexibility index (Phi) is 2.70. The van der Waals surface area contributed by atoms with Crippen molar-refractivity contribution in [1.82, 2.24) is 19.7 Å². The molecular formula is C12H7N7O2. The molecule has 21 heavy (non-hydrogen) atoms.